The van der Waals surface area contributed by atoms with Crippen LogP contribution in [0.5, 0.6) is 5.75 Å². The maximum absolute atomic E-state index is 10.7. The van der Waals surface area contributed by atoms with E-state index in [1.165, 1.54) is 6.92 Å². The molecule has 0 bridgehead atoms. The largest absolute Gasteiger partial charge is 0.496 e. The normalized spacial score (nSPS) is 11.4. The number of allylic oxidation sites excluding steroid dienone is 1. The Kier molecular flexibility index (Phi) is 5.22. The fraction of sp³-hybridized carbons (Fsp3) is 0.385. The summed E-state index contributed by atoms with van der Waals surface area (Å²) in [7, 11) is 1.61. The van der Waals surface area contributed by atoms with E-state index in [-0.39, 0.29) is 10.6 Å². The van der Waals surface area contributed by atoms with Crippen molar-refractivity contribution >= 4 is 17.8 Å². The second-order valence-corrected chi connectivity index (χ2v) is 4.65. The molecule has 0 aliphatic heterocycles. The predicted molar refractivity (Wildman–Crippen MR) is 74.8 cm³/mol. The summed E-state index contributed by atoms with van der Waals surface area (Å²) in [6.07, 6.45) is 4.41. The highest BCUT2D eigenvalue weighted by molar-refractivity contribution is 7.98. The molecule has 0 N–H and O–H groups in total. The van der Waals surface area contributed by atoms with Gasteiger partial charge in [0.15, 0.2) is 0 Å². The molecule has 0 atom stereocenters. The monoisotopic (exact) mass is 267 g/mol. The number of aryl methyl sites for hydroxylation is 1. The minimum absolute atomic E-state index is 0.122. The van der Waals surface area contributed by atoms with Crippen LogP contribution >= 0.6 is 11.8 Å². The average molecular weight is 267 g/mol. The van der Waals surface area contributed by atoms with E-state index in [1.54, 1.807) is 24.9 Å². The highest BCUT2D eigenvalue weighted by atomic mass is 32.2. The van der Waals surface area contributed by atoms with E-state index in [0.29, 0.717) is 0 Å². The summed E-state index contributed by atoms with van der Waals surface area (Å²) >= 11 is 1.58. The molecule has 18 heavy (non-hydrogen) atoms. The molecule has 1 rings (SSSR count). The lowest BCUT2D eigenvalue weighted by Crippen LogP contribution is -1.96. The van der Waals surface area contributed by atoms with Crippen LogP contribution in [0, 0.1) is 10.1 Å². The zero-order valence-corrected chi connectivity index (χ0v) is 11.8. The fourth-order valence-corrected chi connectivity index (χ4v) is 2.27. The van der Waals surface area contributed by atoms with E-state index in [9.17, 15) is 10.1 Å². The number of thioether (sulfide) groups is 1. The van der Waals surface area contributed by atoms with E-state index in [2.05, 4.69) is 6.92 Å². The second-order valence-electron chi connectivity index (χ2n) is 3.80. The number of methoxy groups -OCH3 is 1. The van der Waals surface area contributed by atoms with Crippen molar-refractivity contribution in [1.29, 1.82) is 0 Å². The highest BCUT2D eigenvalue weighted by Crippen LogP contribution is 2.31. The summed E-state index contributed by atoms with van der Waals surface area (Å²) in [5.41, 5.74) is 2.06. The standard InChI is InChI=1S/C13H17NO3S/c1-5-10-8-13(18-4)11(7-12(10)17-3)6-9(2)14(15)16/h6-8H,5H2,1-4H3/b9-6+. The van der Waals surface area contributed by atoms with E-state index in [0.717, 1.165) is 28.2 Å². The molecule has 0 amide bonds. The topological polar surface area (TPSA) is 52.4 Å². The van der Waals surface area contributed by atoms with Crippen molar-refractivity contribution < 1.29 is 9.66 Å². The quantitative estimate of drug-likeness (QED) is 0.464. The molecule has 0 saturated carbocycles. The molecular weight excluding hydrogens is 250 g/mol. The summed E-state index contributed by atoms with van der Waals surface area (Å²) < 4.78 is 5.31. The van der Waals surface area contributed by atoms with Crippen LogP contribution in [0.2, 0.25) is 0 Å². The Morgan fingerprint density at radius 2 is 2.22 bits per heavy atom. The van der Waals surface area contributed by atoms with Crippen LogP contribution in [-0.4, -0.2) is 18.3 Å². The molecular formula is C13H17NO3S. The van der Waals surface area contributed by atoms with Gasteiger partial charge in [0.25, 0.3) is 0 Å². The Labute approximate surface area is 111 Å². The summed E-state index contributed by atoms with van der Waals surface area (Å²) in [4.78, 5) is 11.3. The van der Waals surface area contributed by atoms with Gasteiger partial charge in [0.2, 0.25) is 5.70 Å². The molecule has 0 heterocycles. The lowest BCUT2D eigenvalue weighted by atomic mass is 10.1. The summed E-state index contributed by atoms with van der Waals surface area (Å²) in [5, 5.41) is 10.7. The van der Waals surface area contributed by atoms with E-state index in [1.807, 2.05) is 18.4 Å². The van der Waals surface area contributed by atoms with Crippen molar-refractivity contribution in [1.82, 2.24) is 0 Å². The third-order valence-electron chi connectivity index (χ3n) is 2.67. The molecule has 0 aliphatic carbocycles. The SMILES string of the molecule is CCc1cc(SC)c(/C=C(\C)[N+](=O)[O-])cc1OC. The van der Waals surface area contributed by atoms with Crippen molar-refractivity contribution in [3.63, 3.8) is 0 Å². The molecule has 1 aromatic carbocycles. The Balaban J connectivity index is 3.34. The third-order valence-corrected chi connectivity index (χ3v) is 3.46. The predicted octanol–water partition coefficient (Wildman–Crippen LogP) is 3.62. The Morgan fingerprint density at radius 3 is 2.67 bits per heavy atom. The maximum Gasteiger partial charge on any atom is 0.243 e. The van der Waals surface area contributed by atoms with E-state index in [4.69, 9.17) is 4.74 Å². The minimum Gasteiger partial charge on any atom is -0.496 e. The first-order valence-corrected chi connectivity index (χ1v) is 6.83. The number of nitrogens with zero attached hydrogens (tertiary/aromatic N) is 1. The molecule has 0 aromatic heterocycles. The van der Waals surface area contributed by atoms with Gasteiger partial charge in [0.05, 0.1) is 12.0 Å². The first kappa shape index (κ1) is 14.6. The maximum atomic E-state index is 10.7. The van der Waals surface area contributed by atoms with Gasteiger partial charge in [-0.05, 0) is 35.9 Å². The van der Waals surface area contributed by atoms with E-state index < -0.39 is 0 Å². The molecule has 0 fully saturated rings. The van der Waals surface area contributed by atoms with Crippen molar-refractivity contribution in [3.8, 4) is 5.75 Å². The van der Waals surface area contributed by atoms with Crippen LogP contribution in [-0.2, 0) is 6.42 Å². The first-order chi connectivity index (χ1) is 8.53. The van der Waals surface area contributed by atoms with Crippen LogP contribution < -0.4 is 4.74 Å². The number of nitro groups is 1. The van der Waals surface area contributed by atoms with Gasteiger partial charge < -0.3 is 4.74 Å². The summed E-state index contributed by atoms with van der Waals surface area (Å²) in [6.45, 7) is 3.55. The fourth-order valence-electron chi connectivity index (χ4n) is 1.65. The summed E-state index contributed by atoms with van der Waals surface area (Å²) in [6, 6.07) is 3.89. The van der Waals surface area contributed by atoms with Crippen LogP contribution in [0.4, 0.5) is 0 Å². The number of hydrogen-bond donors (Lipinski definition) is 0. The van der Waals surface area contributed by atoms with Gasteiger partial charge in [-0.15, -0.1) is 11.8 Å². The van der Waals surface area contributed by atoms with Gasteiger partial charge in [-0.3, -0.25) is 10.1 Å². The molecule has 1 aromatic rings. The molecule has 5 heteroatoms. The molecule has 0 unspecified atom stereocenters. The Morgan fingerprint density at radius 1 is 1.56 bits per heavy atom. The smallest absolute Gasteiger partial charge is 0.243 e. The van der Waals surface area contributed by atoms with Crippen molar-refractivity contribution in [2.45, 2.75) is 25.2 Å². The third kappa shape index (κ3) is 3.26. The van der Waals surface area contributed by atoms with Gasteiger partial charge >= 0.3 is 0 Å². The van der Waals surface area contributed by atoms with Crippen LogP contribution in [0.1, 0.15) is 25.0 Å². The molecule has 0 saturated heterocycles. The van der Waals surface area contributed by atoms with Crippen molar-refractivity contribution in [2.75, 3.05) is 13.4 Å². The lowest BCUT2D eigenvalue weighted by molar-refractivity contribution is -0.422. The highest BCUT2D eigenvalue weighted by Gasteiger charge is 2.10. The van der Waals surface area contributed by atoms with Gasteiger partial charge in [0.1, 0.15) is 5.75 Å². The van der Waals surface area contributed by atoms with Gasteiger partial charge in [-0.25, -0.2) is 0 Å². The second kappa shape index (κ2) is 6.44. The number of hydrogen-bond acceptors (Lipinski definition) is 4. The van der Waals surface area contributed by atoms with Crippen molar-refractivity contribution in [3.05, 3.63) is 39.1 Å². The lowest BCUT2D eigenvalue weighted by Gasteiger charge is -2.11. The van der Waals surface area contributed by atoms with Crippen LogP contribution in [0.3, 0.4) is 0 Å². The average Bonchev–Trinajstić information content (AvgIpc) is 2.37. The molecule has 0 aliphatic rings. The molecule has 98 valence electrons. The summed E-state index contributed by atoms with van der Waals surface area (Å²) in [5.74, 6) is 0.776. The van der Waals surface area contributed by atoms with Gasteiger partial charge in [0, 0.05) is 17.9 Å². The molecule has 0 radical (unpaired) electrons. The zero-order chi connectivity index (χ0) is 13.7. The Bertz CT molecular complexity index is 483. The van der Waals surface area contributed by atoms with Crippen LogP contribution in [0.15, 0.2) is 22.7 Å². The number of ether oxygens (including phenoxy) is 1. The van der Waals surface area contributed by atoms with E-state index >= 15 is 0 Å². The van der Waals surface area contributed by atoms with Gasteiger partial charge in [-0.2, -0.15) is 0 Å². The first-order valence-electron chi connectivity index (χ1n) is 5.61. The minimum atomic E-state index is -0.385. The molecule has 4 nitrogen and oxygen atoms in total. The van der Waals surface area contributed by atoms with Gasteiger partial charge in [-0.1, -0.05) is 6.92 Å². The van der Waals surface area contributed by atoms with Crippen LogP contribution in [0.25, 0.3) is 6.08 Å². The number of rotatable bonds is 5. The molecule has 0 spiro atoms. The zero-order valence-electron chi connectivity index (χ0n) is 11.0. The van der Waals surface area contributed by atoms with Crippen molar-refractivity contribution in [2.24, 2.45) is 0 Å². The Hall–Kier alpha value is -1.49. The number of benzene rings is 1.